The number of anilines is 1. The Kier molecular flexibility index (Phi) is 7.19. The Labute approximate surface area is 147 Å². The SMILES string of the molecule is CC(N)CC(=O)Nc1ncc(Cc2ccc(C(F)(F)F)cc2)s1.Cl. The lowest BCUT2D eigenvalue weighted by Gasteiger charge is -2.07. The van der Waals surface area contributed by atoms with Crippen LogP contribution in [-0.2, 0) is 17.4 Å². The summed E-state index contributed by atoms with van der Waals surface area (Å²) < 4.78 is 37.5. The van der Waals surface area contributed by atoms with Gasteiger partial charge >= 0.3 is 6.18 Å². The van der Waals surface area contributed by atoms with Crippen molar-refractivity contribution in [2.75, 3.05) is 5.32 Å². The summed E-state index contributed by atoms with van der Waals surface area (Å²) in [5.74, 6) is -0.213. The molecule has 0 saturated carbocycles. The Morgan fingerprint density at radius 2 is 1.96 bits per heavy atom. The zero-order chi connectivity index (χ0) is 17.0. The van der Waals surface area contributed by atoms with Crippen LogP contribution in [-0.4, -0.2) is 16.9 Å². The first-order valence-corrected chi connectivity index (χ1v) is 7.72. The lowest BCUT2D eigenvalue weighted by molar-refractivity contribution is -0.137. The largest absolute Gasteiger partial charge is 0.416 e. The van der Waals surface area contributed by atoms with E-state index in [-0.39, 0.29) is 30.8 Å². The minimum absolute atomic E-state index is 0. The summed E-state index contributed by atoms with van der Waals surface area (Å²) in [5, 5.41) is 3.10. The maximum Gasteiger partial charge on any atom is 0.416 e. The molecule has 1 aromatic heterocycles. The number of carbonyl (C=O) groups is 1. The number of rotatable bonds is 5. The number of alkyl halides is 3. The van der Waals surface area contributed by atoms with E-state index in [2.05, 4.69) is 10.3 Å². The fourth-order valence-corrected chi connectivity index (χ4v) is 2.79. The van der Waals surface area contributed by atoms with Crippen LogP contribution in [0.25, 0.3) is 0 Å². The number of carbonyl (C=O) groups excluding carboxylic acids is 1. The molecule has 0 saturated heterocycles. The van der Waals surface area contributed by atoms with Crippen LogP contribution in [0.1, 0.15) is 29.3 Å². The molecule has 0 aliphatic heterocycles. The second-order valence-corrected chi connectivity index (χ2v) is 6.35. The van der Waals surface area contributed by atoms with E-state index in [4.69, 9.17) is 5.73 Å². The topological polar surface area (TPSA) is 68.0 Å². The van der Waals surface area contributed by atoms with Gasteiger partial charge in [0.15, 0.2) is 5.13 Å². The van der Waals surface area contributed by atoms with E-state index in [1.54, 1.807) is 13.1 Å². The number of benzene rings is 1. The van der Waals surface area contributed by atoms with Crippen LogP contribution < -0.4 is 11.1 Å². The van der Waals surface area contributed by atoms with Crippen molar-refractivity contribution in [3.63, 3.8) is 0 Å². The summed E-state index contributed by atoms with van der Waals surface area (Å²) in [7, 11) is 0. The van der Waals surface area contributed by atoms with Crippen LogP contribution >= 0.6 is 23.7 Å². The number of amides is 1. The van der Waals surface area contributed by atoms with Crippen molar-refractivity contribution in [1.82, 2.24) is 4.98 Å². The molecule has 0 bridgehead atoms. The van der Waals surface area contributed by atoms with Gasteiger partial charge in [0, 0.05) is 30.0 Å². The Hall–Kier alpha value is -1.64. The minimum Gasteiger partial charge on any atom is -0.327 e. The summed E-state index contributed by atoms with van der Waals surface area (Å²) in [5.41, 5.74) is 5.61. The highest BCUT2D eigenvalue weighted by molar-refractivity contribution is 7.15. The maximum absolute atomic E-state index is 12.5. The Bertz CT molecular complexity index is 671. The van der Waals surface area contributed by atoms with Crippen LogP contribution in [0.4, 0.5) is 18.3 Å². The van der Waals surface area contributed by atoms with E-state index >= 15 is 0 Å². The summed E-state index contributed by atoms with van der Waals surface area (Å²) in [4.78, 5) is 16.5. The smallest absolute Gasteiger partial charge is 0.327 e. The minimum atomic E-state index is -4.33. The van der Waals surface area contributed by atoms with Gasteiger partial charge in [0.2, 0.25) is 5.91 Å². The highest BCUT2D eigenvalue weighted by Gasteiger charge is 2.29. The van der Waals surface area contributed by atoms with Crippen LogP contribution in [0.15, 0.2) is 30.5 Å². The van der Waals surface area contributed by atoms with Gasteiger partial charge in [-0.25, -0.2) is 4.98 Å². The monoisotopic (exact) mass is 379 g/mol. The molecule has 2 rings (SSSR count). The standard InChI is InChI=1S/C15H16F3N3OS.ClH/c1-9(19)6-13(22)21-14-20-8-12(23-14)7-10-2-4-11(5-3-10)15(16,17)18;/h2-5,8-9H,6-7,19H2,1H3,(H,20,21,22);1H. The first kappa shape index (κ1) is 20.4. The van der Waals surface area contributed by atoms with E-state index in [0.717, 1.165) is 22.6 Å². The highest BCUT2D eigenvalue weighted by atomic mass is 35.5. The second-order valence-electron chi connectivity index (χ2n) is 5.23. The fourth-order valence-electron chi connectivity index (χ4n) is 1.92. The van der Waals surface area contributed by atoms with Gasteiger partial charge in [-0.2, -0.15) is 13.2 Å². The van der Waals surface area contributed by atoms with Gasteiger partial charge in [-0.1, -0.05) is 12.1 Å². The zero-order valence-electron chi connectivity index (χ0n) is 12.8. The van der Waals surface area contributed by atoms with Crippen LogP contribution in [0.3, 0.4) is 0 Å². The zero-order valence-corrected chi connectivity index (χ0v) is 14.4. The van der Waals surface area contributed by atoms with Gasteiger partial charge in [0.05, 0.1) is 5.56 Å². The molecule has 1 unspecified atom stereocenters. The molecule has 4 nitrogen and oxygen atoms in total. The number of hydrogen-bond acceptors (Lipinski definition) is 4. The number of hydrogen-bond donors (Lipinski definition) is 2. The molecule has 1 amide bonds. The second kappa shape index (κ2) is 8.46. The van der Waals surface area contributed by atoms with E-state index in [9.17, 15) is 18.0 Å². The van der Waals surface area contributed by atoms with Crippen molar-refractivity contribution < 1.29 is 18.0 Å². The van der Waals surface area contributed by atoms with Gasteiger partial charge in [-0.15, -0.1) is 23.7 Å². The summed E-state index contributed by atoms with van der Waals surface area (Å²) in [6.45, 7) is 1.73. The van der Waals surface area contributed by atoms with Crippen molar-refractivity contribution in [2.24, 2.45) is 5.73 Å². The first-order chi connectivity index (χ1) is 10.7. The third-order valence-electron chi connectivity index (χ3n) is 2.97. The van der Waals surface area contributed by atoms with Crippen molar-refractivity contribution >= 4 is 34.8 Å². The average Bonchev–Trinajstić information content (AvgIpc) is 2.84. The lowest BCUT2D eigenvalue weighted by atomic mass is 10.1. The third-order valence-corrected chi connectivity index (χ3v) is 3.88. The molecule has 0 fully saturated rings. The molecule has 9 heteroatoms. The Balaban J connectivity index is 0.00000288. The molecular weight excluding hydrogens is 363 g/mol. The molecule has 0 aliphatic rings. The predicted octanol–water partition coefficient (Wildman–Crippen LogP) is 3.85. The van der Waals surface area contributed by atoms with Crippen molar-refractivity contribution in [3.05, 3.63) is 46.5 Å². The van der Waals surface area contributed by atoms with Gasteiger partial charge in [0.25, 0.3) is 0 Å². The predicted molar refractivity (Wildman–Crippen MR) is 90.5 cm³/mol. The molecule has 2 aromatic rings. The van der Waals surface area contributed by atoms with Gasteiger partial charge < -0.3 is 11.1 Å². The molecule has 0 aliphatic carbocycles. The quantitative estimate of drug-likeness (QED) is 0.829. The summed E-state index contributed by atoms with van der Waals surface area (Å²) in [6.07, 6.45) is -2.07. The number of nitrogens with zero attached hydrogens (tertiary/aromatic N) is 1. The van der Waals surface area contributed by atoms with Gasteiger partial charge in [-0.05, 0) is 24.6 Å². The number of nitrogens with two attached hydrogens (primary N) is 1. The first-order valence-electron chi connectivity index (χ1n) is 6.90. The van der Waals surface area contributed by atoms with E-state index in [0.29, 0.717) is 11.6 Å². The fraction of sp³-hybridized carbons (Fsp3) is 0.333. The van der Waals surface area contributed by atoms with E-state index in [1.165, 1.54) is 23.5 Å². The molecular formula is C15H17ClF3N3OS. The van der Waals surface area contributed by atoms with Crippen molar-refractivity contribution in [3.8, 4) is 0 Å². The molecule has 3 N–H and O–H groups in total. The average molecular weight is 380 g/mol. The lowest BCUT2D eigenvalue weighted by Crippen LogP contribution is -2.23. The van der Waals surface area contributed by atoms with Gasteiger partial charge in [-0.3, -0.25) is 4.79 Å². The number of halogens is 4. The highest BCUT2D eigenvalue weighted by Crippen LogP contribution is 2.29. The van der Waals surface area contributed by atoms with Crippen LogP contribution in [0.5, 0.6) is 0 Å². The molecule has 1 heterocycles. The molecule has 0 spiro atoms. The van der Waals surface area contributed by atoms with Crippen LogP contribution in [0, 0.1) is 0 Å². The Morgan fingerprint density at radius 1 is 1.33 bits per heavy atom. The van der Waals surface area contributed by atoms with Gasteiger partial charge in [0.1, 0.15) is 0 Å². The molecule has 132 valence electrons. The van der Waals surface area contributed by atoms with Crippen LogP contribution in [0.2, 0.25) is 0 Å². The normalized spacial score (nSPS) is 12.4. The van der Waals surface area contributed by atoms with E-state index in [1.807, 2.05) is 0 Å². The molecule has 24 heavy (non-hydrogen) atoms. The summed E-state index contributed by atoms with van der Waals surface area (Å²) in [6, 6.07) is 4.76. The number of nitrogens with one attached hydrogen (secondary N) is 1. The molecule has 1 aromatic carbocycles. The maximum atomic E-state index is 12.5. The van der Waals surface area contributed by atoms with Crippen molar-refractivity contribution in [2.45, 2.75) is 32.0 Å². The van der Waals surface area contributed by atoms with E-state index < -0.39 is 11.7 Å². The van der Waals surface area contributed by atoms with Crippen molar-refractivity contribution in [1.29, 1.82) is 0 Å². The third kappa shape index (κ3) is 6.10. The molecule has 1 atom stereocenters. The summed E-state index contributed by atoms with van der Waals surface area (Å²) >= 11 is 1.29. The molecule has 0 radical (unpaired) electrons. The number of aromatic nitrogens is 1. The number of thiazole rings is 1. The Morgan fingerprint density at radius 3 is 2.50 bits per heavy atom.